The number of nitrogens with two attached hydrogens (primary N) is 1. The summed E-state index contributed by atoms with van der Waals surface area (Å²) in [5.74, 6) is 1.59. The van der Waals surface area contributed by atoms with Gasteiger partial charge in [0.2, 0.25) is 0 Å². The third-order valence-electron chi connectivity index (χ3n) is 6.12. The number of benzene rings is 1. The minimum Gasteiger partial charge on any atom is -0.491 e. The van der Waals surface area contributed by atoms with Crippen LogP contribution in [0.5, 0.6) is 5.75 Å². The highest BCUT2D eigenvalue weighted by atomic mass is 16.5. The fourth-order valence-electron chi connectivity index (χ4n) is 3.93. The third kappa shape index (κ3) is 5.19. The maximum atomic E-state index is 9.62. The smallest absolute Gasteiger partial charge is 0.174 e. The molecule has 0 saturated carbocycles. The molecule has 1 fully saturated rings. The van der Waals surface area contributed by atoms with Gasteiger partial charge < -0.3 is 20.5 Å². The van der Waals surface area contributed by atoms with Gasteiger partial charge in [-0.25, -0.2) is 4.99 Å². The molecule has 0 spiro atoms. The molecule has 0 unspecified atom stereocenters. The molecule has 0 radical (unpaired) electrons. The van der Waals surface area contributed by atoms with Gasteiger partial charge in [0.05, 0.1) is 25.2 Å². The fraction of sp³-hybridized carbons (Fsp3) is 0.542. The standard InChI is InChI=1S/C24H36N6O2/c1-16(2)28-23(27-15-25)20(26)11-19-8-9-32-22-7-6-17(10-21(22)29(19)5)18-12-30(13-18)24(3,4)14-31/h6-7,10-11,15-16,18,26,31H,8-9,12-14H2,1-5H3,(H2,25,27,28)/b19-11-,26-20?. The van der Waals surface area contributed by atoms with Gasteiger partial charge in [0.25, 0.3) is 0 Å². The zero-order valence-electron chi connectivity index (χ0n) is 19.8. The predicted molar refractivity (Wildman–Crippen MR) is 131 cm³/mol. The Morgan fingerprint density at radius 3 is 2.72 bits per heavy atom. The summed E-state index contributed by atoms with van der Waals surface area (Å²) in [7, 11) is 2.00. The molecule has 8 nitrogen and oxygen atoms in total. The van der Waals surface area contributed by atoms with Gasteiger partial charge in [0.1, 0.15) is 11.5 Å². The lowest BCUT2D eigenvalue weighted by Crippen LogP contribution is -2.57. The summed E-state index contributed by atoms with van der Waals surface area (Å²) < 4.78 is 6.01. The van der Waals surface area contributed by atoms with E-state index in [1.54, 1.807) is 6.08 Å². The van der Waals surface area contributed by atoms with E-state index in [1.807, 2.05) is 27.0 Å². The minimum absolute atomic E-state index is 0.0174. The maximum absolute atomic E-state index is 9.62. The van der Waals surface area contributed by atoms with Crippen LogP contribution < -0.4 is 15.4 Å². The molecule has 1 saturated heterocycles. The van der Waals surface area contributed by atoms with E-state index in [9.17, 15) is 5.11 Å². The monoisotopic (exact) mass is 440 g/mol. The molecule has 0 amide bonds. The first kappa shape index (κ1) is 23.9. The number of hydrogen-bond donors (Lipinski definition) is 3. The molecule has 3 rings (SSSR count). The Hall–Kier alpha value is -2.71. The summed E-state index contributed by atoms with van der Waals surface area (Å²) in [6, 6.07) is 6.39. The highest BCUT2D eigenvalue weighted by molar-refractivity contribution is 6.45. The largest absolute Gasteiger partial charge is 0.491 e. The molecule has 8 heteroatoms. The number of anilines is 1. The van der Waals surface area contributed by atoms with Crippen molar-refractivity contribution < 1.29 is 9.84 Å². The van der Waals surface area contributed by atoms with Crippen molar-refractivity contribution in [3.05, 3.63) is 35.5 Å². The first-order chi connectivity index (χ1) is 15.2. The Balaban J connectivity index is 1.83. The van der Waals surface area contributed by atoms with E-state index in [2.05, 4.69) is 45.8 Å². The molecule has 0 aromatic heterocycles. The summed E-state index contributed by atoms with van der Waals surface area (Å²) in [4.78, 5) is 12.9. The zero-order chi connectivity index (χ0) is 23.5. The summed E-state index contributed by atoms with van der Waals surface area (Å²) >= 11 is 0. The number of likely N-dealkylation sites (tertiary alicyclic amines) is 1. The van der Waals surface area contributed by atoms with Gasteiger partial charge in [-0.15, -0.1) is 0 Å². The number of aliphatic imine (C=N–C) groups is 2. The van der Waals surface area contributed by atoms with Crippen molar-refractivity contribution in [2.75, 3.05) is 38.3 Å². The van der Waals surface area contributed by atoms with E-state index in [4.69, 9.17) is 15.9 Å². The number of fused-ring (bicyclic) bond motifs is 1. The van der Waals surface area contributed by atoms with Crippen LogP contribution in [-0.4, -0.2) is 72.8 Å². The number of aliphatic hydroxyl groups excluding tert-OH is 1. The van der Waals surface area contributed by atoms with Crippen molar-refractivity contribution in [2.24, 2.45) is 15.7 Å². The second kappa shape index (κ2) is 9.83. The number of amidine groups is 1. The minimum atomic E-state index is -0.195. The molecular weight excluding hydrogens is 404 g/mol. The quantitative estimate of drug-likeness (QED) is 0.465. The van der Waals surface area contributed by atoms with Gasteiger partial charge in [-0.2, -0.15) is 0 Å². The molecule has 4 N–H and O–H groups in total. The number of ether oxygens (including phenoxy) is 1. The Morgan fingerprint density at radius 2 is 2.09 bits per heavy atom. The molecule has 0 bridgehead atoms. The molecular formula is C24H36N6O2. The lowest BCUT2D eigenvalue weighted by Gasteiger charge is -2.48. The van der Waals surface area contributed by atoms with E-state index < -0.39 is 0 Å². The van der Waals surface area contributed by atoms with Crippen LogP contribution in [0.15, 0.2) is 40.0 Å². The van der Waals surface area contributed by atoms with Crippen LogP contribution >= 0.6 is 0 Å². The molecule has 2 heterocycles. The topological polar surface area (TPSA) is 111 Å². The van der Waals surface area contributed by atoms with E-state index in [0.29, 0.717) is 24.8 Å². The number of aliphatic hydroxyl groups is 1. The van der Waals surface area contributed by atoms with E-state index in [-0.39, 0.29) is 23.9 Å². The summed E-state index contributed by atoms with van der Waals surface area (Å²) in [6.07, 6.45) is 3.65. The lowest BCUT2D eigenvalue weighted by atomic mass is 9.86. The van der Waals surface area contributed by atoms with Gasteiger partial charge >= 0.3 is 0 Å². The predicted octanol–water partition coefficient (Wildman–Crippen LogP) is 2.77. The highest BCUT2D eigenvalue weighted by Crippen LogP contribution is 2.39. The van der Waals surface area contributed by atoms with Crippen molar-refractivity contribution in [1.29, 1.82) is 5.41 Å². The molecule has 0 atom stereocenters. The highest BCUT2D eigenvalue weighted by Gasteiger charge is 2.37. The van der Waals surface area contributed by atoms with Crippen LogP contribution in [0.25, 0.3) is 0 Å². The third-order valence-corrected chi connectivity index (χ3v) is 6.12. The second-order valence-electron chi connectivity index (χ2n) is 9.33. The van der Waals surface area contributed by atoms with Gasteiger partial charge in [-0.05, 0) is 51.5 Å². The van der Waals surface area contributed by atoms with Gasteiger partial charge in [0.15, 0.2) is 5.84 Å². The molecule has 2 aliphatic heterocycles. The normalized spacial score (nSPS) is 19.8. The van der Waals surface area contributed by atoms with Gasteiger partial charge in [-0.3, -0.25) is 15.3 Å². The fourth-order valence-corrected chi connectivity index (χ4v) is 3.93. The van der Waals surface area contributed by atoms with Gasteiger partial charge in [-0.1, -0.05) is 6.07 Å². The molecule has 1 aromatic carbocycles. The summed E-state index contributed by atoms with van der Waals surface area (Å²) in [5, 5.41) is 18.1. The van der Waals surface area contributed by atoms with E-state index in [1.165, 1.54) is 11.9 Å². The van der Waals surface area contributed by atoms with Crippen LogP contribution in [0.4, 0.5) is 5.69 Å². The van der Waals surface area contributed by atoms with Crippen LogP contribution in [-0.2, 0) is 0 Å². The van der Waals surface area contributed by atoms with Crippen molar-refractivity contribution in [2.45, 2.75) is 51.6 Å². The number of nitrogens with one attached hydrogen (secondary N) is 1. The molecule has 174 valence electrons. The maximum Gasteiger partial charge on any atom is 0.174 e. The van der Waals surface area contributed by atoms with Crippen LogP contribution in [0.1, 0.15) is 45.6 Å². The second-order valence-corrected chi connectivity index (χ2v) is 9.33. The van der Waals surface area contributed by atoms with Crippen LogP contribution in [0.2, 0.25) is 0 Å². The average molecular weight is 441 g/mol. The van der Waals surface area contributed by atoms with Crippen LogP contribution in [0.3, 0.4) is 0 Å². The Kier molecular flexibility index (Phi) is 7.36. The Bertz CT molecular complexity index is 928. The Labute approximate surface area is 191 Å². The first-order valence-electron chi connectivity index (χ1n) is 11.1. The van der Waals surface area contributed by atoms with Crippen LogP contribution in [0, 0.1) is 5.41 Å². The number of rotatable bonds is 6. The first-order valence-corrected chi connectivity index (χ1v) is 11.1. The van der Waals surface area contributed by atoms with Gasteiger partial charge in [0, 0.05) is 49.8 Å². The zero-order valence-corrected chi connectivity index (χ0v) is 19.8. The van der Waals surface area contributed by atoms with E-state index >= 15 is 0 Å². The van der Waals surface area contributed by atoms with Crippen molar-refractivity contribution in [1.82, 2.24) is 4.90 Å². The lowest BCUT2D eigenvalue weighted by molar-refractivity contribution is -0.00249. The number of nitrogens with zero attached hydrogens (tertiary/aromatic N) is 4. The Morgan fingerprint density at radius 1 is 1.38 bits per heavy atom. The molecule has 0 aliphatic carbocycles. The SMILES string of the molecule is CC(C)N=C(N=CN)C(=N)/C=C1/CCOc2ccc(C3CN(C(C)(C)CO)C3)cc2N1C. The van der Waals surface area contributed by atoms with E-state index in [0.717, 1.165) is 30.2 Å². The summed E-state index contributed by atoms with van der Waals surface area (Å²) in [5.41, 5.74) is 8.71. The number of hydrogen-bond acceptors (Lipinski definition) is 6. The van der Waals surface area contributed by atoms with Crippen molar-refractivity contribution in [3.8, 4) is 5.75 Å². The van der Waals surface area contributed by atoms with Crippen molar-refractivity contribution in [3.63, 3.8) is 0 Å². The summed E-state index contributed by atoms with van der Waals surface area (Å²) in [6.45, 7) is 10.6. The molecule has 2 aliphatic rings. The molecule has 32 heavy (non-hydrogen) atoms. The van der Waals surface area contributed by atoms with Crippen molar-refractivity contribution >= 4 is 23.6 Å². The average Bonchev–Trinajstić information content (AvgIpc) is 2.85. The molecule has 1 aromatic rings.